The Morgan fingerprint density at radius 2 is 1.47 bits per heavy atom. The van der Waals surface area contributed by atoms with E-state index in [9.17, 15) is 0 Å². The Morgan fingerprint density at radius 3 is 2.10 bits per heavy atom. The summed E-state index contributed by atoms with van der Waals surface area (Å²) in [5.74, 6) is 2.42. The molecule has 0 aliphatic carbocycles. The van der Waals surface area contributed by atoms with Crippen LogP contribution in [-0.2, 0) is 0 Å². The maximum absolute atomic E-state index is 5.90. The number of nitrogens with zero attached hydrogens (tertiary/aromatic N) is 3. The number of benzene rings is 2. The van der Waals surface area contributed by atoms with Gasteiger partial charge in [-0.05, 0) is 81.0 Å². The number of methoxy groups -OCH3 is 1. The number of hydrogen-bond donors (Lipinski definition) is 0. The van der Waals surface area contributed by atoms with Crippen molar-refractivity contribution in [1.29, 1.82) is 0 Å². The Kier molecular flexibility index (Phi) is 7.80. The molecule has 2 aromatic carbocycles. The second-order valence-corrected chi connectivity index (χ2v) is 7.20. The lowest BCUT2D eigenvalue weighted by molar-refractivity contribution is 0.249. The van der Waals surface area contributed by atoms with Gasteiger partial charge in [-0.15, -0.1) is 0 Å². The maximum Gasteiger partial charge on any atom is 0.160 e. The molecule has 3 rings (SSSR count). The third kappa shape index (κ3) is 5.80. The van der Waals surface area contributed by atoms with Crippen molar-refractivity contribution in [3.05, 3.63) is 60.3 Å². The summed E-state index contributed by atoms with van der Waals surface area (Å²) in [5, 5.41) is 0. The van der Waals surface area contributed by atoms with E-state index in [0.29, 0.717) is 5.82 Å². The van der Waals surface area contributed by atoms with Crippen molar-refractivity contribution in [3.8, 4) is 34.1 Å². The topological polar surface area (TPSA) is 47.5 Å². The zero-order chi connectivity index (χ0) is 21.3. The molecule has 0 atom stereocenters. The molecule has 0 aliphatic heterocycles. The van der Waals surface area contributed by atoms with Crippen LogP contribution in [0.4, 0.5) is 0 Å². The smallest absolute Gasteiger partial charge is 0.160 e. The van der Waals surface area contributed by atoms with Gasteiger partial charge in [-0.25, -0.2) is 9.97 Å². The minimum absolute atomic E-state index is 0.717. The van der Waals surface area contributed by atoms with Gasteiger partial charge in [0.15, 0.2) is 5.82 Å². The third-order valence-electron chi connectivity index (χ3n) is 5.13. The molecule has 0 bridgehead atoms. The zero-order valence-corrected chi connectivity index (χ0v) is 18.4. The number of aromatic nitrogens is 2. The van der Waals surface area contributed by atoms with Crippen molar-refractivity contribution in [1.82, 2.24) is 14.9 Å². The van der Waals surface area contributed by atoms with E-state index in [-0.39, 0.29) is 0 Å². The summed E-state index contributed by atoms with van der Waals surface area (Å²) in [6.45, 7) is 10.3. The fourth-order valence-corrected chi connectivity index (χ4v) is 3.33. The van der Waals surface area contributed by atoms with Gasteiger partial charge in [-0.3, -0.25) is 0 Å². The maximum atomic E-state index is 5.90. The molecular formula is C25H31N3O2. The molecule has 0 aliphatic rings. The second-order valence-electron chi connectivity index (χ2n) is 7.20. The van der Waals surface area contributed by atoms with Crippen molar-refractivity contribution < 1.29 is 9.47 Å². The molecule has 30 heavy (non-hydrogen) atoms. The molecule has 0 fully saturated rings. The molecule has 3 aromatic rings. The normalized spacial score (nSPS) is 11.0. The molecule has 0 radical (unpaired) electrons. The first-order valence-electron chi connectivity index (χ1n) is 10.6. The van der Waals surface area contributed by atoms with E-state index in [1.807, 2.05) is 61.5 Å². The SMILES string of the molecule is CCN(CC)CCCOc1ccc(-c2nc(C)cc(-c3ccc(OC)cc3)n2)cc1. The van der Waals surface area contributed by atoms with Crippen molar-refractivity contribution >= 4 is 0 Å². The lowest BCUT2D eigenvalue weighted by Crippen LogP contribution is -2.25. The van der Waals surface area contributed by atoms with Crippen molar-refractivity contribution in [2.45, 2.75) is 27.2 Å². The third-order valence-corrected chi connectivity index (χ3v) is 5.13. The number of rotatable bonds is 10. The van der Waals surface area contributed by atoms with Gasteiger partial charge in [0.2, 0.25) is 0 Å². The van der Waals surface area contributed by atoms with Crippen LogP contribution in [0.1, 0.15) is 26.0 Å². The van der Waals surface area contributed by atoms with E-state index < -0.39 is 0 Å². The molecular weight excluding hydrogens is 374 g/mol. The quantitative estimate of drug-likeness (QED) is 0.432. The summed E-state index contributed by atoms with van der Waals surface area (Å²) in [6.07, 6.45) is 1.02. The summed E-state index contributed by atoms with van der Waals surface area (Å²) in [6, 6.07) is 17.9. The Hall–Kier alpha value is -2.92. The molecule has 0 saturated carbocycles. The predicted molar refractivity (Wildman–Crippen MR) is 122 cm³/mol. The zero-order valence-electron chi connectivity index (χ0n) is 18.4. The van der Waals surface area contributed by atoms with Crippen LogP contribution in [0, 0.1) is 6.92 Å². The Labute approximate surface area is 179 Å². The largest absolute Gasteiger partial charge is 0.497 e. The highest BCUT2D eigenvalue weighted by Crippen LogP contribution is 2.25. The minimum atomic E-state index is 0.717. The van der Waals surface area contributed by atoms with Crippen molar-refractivity contribution in [2.75, 3.05) is 33.4 Å². The number of ether oxygens (including phenoxy) is 2. The highest BCUT2D eigenvalue weighted by molar-refractivity contribution is 5.65. The monoisotopic (exact) mass is 405 g/mol. The van der Waals surface area contributed by atoms with Gasteiger partial charge < -0.3 is 14.4 Å². The predicted octanol–water partition coefficient (Wildman–Crippen LogP) is 5.24. The highest BCUT2D eigenvalue weighted by Gasteiger charge is 2.08. The van der Waals surface area contributed by atoms with Gasteiger partial charge in [0.1, 0.15) is 11.5 Å². The molecule has 0 saturated heterocycles. The van der Waals surface area contributed by atoms with Crippen molar-refractivity contribution in [2.24, 2.45) is 0 Å². The molecule has 1 aromatic heterocycles. The number of aryl methyl sites for hydroxylation is 1. The van der Waals surface area contributed by atoms with Crippen LogP contribution in [0.3, 0.4) is 0 Å². The second kappa shape index (κ2) is 10.7. The van der Waals surface area contributed by atoms with Crippen LogP contribution in [0.2, 0.25) is 0 Å². The minimum Gasteiger partial charge on any atom is -0.497 e. The van der Waals surface area contributed by atoms with E-state index >= 15 is 0 Å². The summed E-state index contributed by atoms with van der Waals surface area (Å²) in [7, 11) is 1.67. The Morgan fingerprint density at radius 1 is 0.833 bits per heavy atom. The van der Waals surface area contributed by atoms with Gasteiger partial charge in [0, 0.05) is 23.4 Å². The van der Waals surface area contributed by atoms with Crippen LogP contribution in [-0.4, -0.2) is 48.2 Å². The van der Waals surface area contributed by atoms with Crippen LogP contribution in [0.5, 0.6) is 11.5 Å². The Balaban J connectivity index is 1.67. The molecule has 0 spiro atoms. The molecule has 5 heteroatoms. The standard InChI is InChI=1S/C25H31N3O2/c1-5-28(6-2)16-7-17-30-23-14-10-21(11-15-23)25-26-19(3)18-24(27-25)20-8-12-22(29-4)13-9-20/h8-15,18H,5-7,16-17H2,1-4H3. The summed E-state index contributed by atoms with van der Waals surface area (Å²) in [4.78, 5) is 11.8. The first kappa shape index (κ1) is 21.8. The number of hydrogen-bond acceptors (Lipinski definition) is 5. The first-order chi connectivity index (χ1) is 14.6. The summed E-state index contributed by atoms with van der Waals surface area (Å²) in [5.41, 5.74) is 3.85. The van der Waals surface area contributed by atoms with E-state index in [4.69, 9.17) is 14.5 Å². The van der Waals surface area contributed by atoms with Gasteiger partial charge in [-0.2, -0.15) is 0 Å². The molecule has 0 amide bonds. The summed E-state index contributed by atoms with van der Waals surface area (Å²) >= 11 is 0. The lowest BCUT2D eigenvalue weighted by atomic mass is 10.1. The van der Waals surface area contributed by atoms with E-state index in [1.54, 1.807) is 7.11 Å². The van der Waals surface area contributed by atoms with Crippen molar-refractivity contribution in [3.63, 3.8) is 0 Å². The van der Waals surface area contributed by atoms with Gasteiger partial charge in [0.25, 0.3) is 0 Å². The fourth-order valence-electron chi connectivity index (χ4n) is 3.33. The highest BCUT2D eigenvalue weighted by atomic mass is 16.5. The first-order valence-corrected chi connectivity index (χ1v) is 10.6. The average molecular weight is 406 g/mol. The van der Waals surface area contributed by atoms with Gasteiger partial charge in [0.05, 0.1) is 19.4 Å². The van der Waals surface area contributed by atoms with Crippen LogP contribution >= 0.6 is 0 Å². The van der Waals surface area contributed by atoms with E-state index in [2.05, 4.69) is 23.7 Å². The van der Waals surface area contributed by atoms with Crippen LogP contribution in [0.25, 0.3) is 22.6 Å². The molecule has 1 heterocycles. The van der Waals surface area contributed by atoms with E-state index in [1.165, 1.54) is 0 Å². The van der Waals surface area contributed by atoms with Gasteiger partial charge >= 0.3 is 0 Å². The molecule has 0 N–H and O–H groups in total. The Bertz CT molecular complexity index is 920. The van der Waals surface area contributed by atoms with Gasteiger partial charge in [-0.1, -0.05) is 13.8 Å². The van der Waals surface area contributed by atoms with E-state index in [0.717, 1.165) is 66.7 Å². The average Bonchev–Trinajstić information content (AvgIpc) is 2.79. The van der Waals surface area contributed by atoms with Crippen LogP contribution < -0.4 is 9.47 Å². The molecule has 0 unspecified atom stereocenters. The fraction of sp³-hybridized carbons (Fsp3) is 0.360. The summed E-state index contributed by atoms with van der Waals surface area (Å²) < 4.78 is 11.1. The molecule has 158 valence electrons. The molecule has 5 nitrogen and oxygen atoms in total. The lowest BCUT2D eigenvalue weighted by Gasteiger charge is -2.17. The van der Waals surface area contributed by atoms with Crippen LogP contribution in [0.15, 0.2) is 54.6 Å².